The molecule has 2 aliphatic rings. The van der Waals surface area contributed by atoms with Gasteiger partial charge in [0.2, 0.25) is 0 Å². The normalized spacial score (nSPS) is 18.9. The highest BCUT2D eigenvalue weighted by Gasteiger charge is 2.23. The molecule has 2 aromatic carbocycles. The fourth-order valence-electron chi connectivity index (χ4n) is 4.09. The van der Waals surface area contributed by atoms with Crippen LogP contribution < -0.4 is 10.6 Å². The van der Waals surface area contributed by atoms with E-state index in [2.05, 4.69) is 22.5 Å². The Morgan fingerprint density at radius 1 is 1.21 bits per heavy atom. The second-order valence-electron chi connectivity index (χ2n) is 7.66. The molecule has 2 aromatic rings. The largest absolute Gasteiger partial charge is 0.350 e. The van der Waals surface area contributed by atoms with Gasteiger partial charge in [0.05, 0.1) is 11.3 Å². The highest BCUT2D eigenvalue weighted by molar-refractivity contribution is 7.99. The molecule has 0 spiro atoms. The van der Waals surface area contributed by atoms with Crippen LogP contribution in [0.4, 0.5) is 5.69 Å². The van der Waals surface area contributed by atoms with Crippen molar-refractivity contribution in [1.29, 1.82) is 0 Å². The summed E-state index contributed by atoms with van der Waals surface area (Å²) in [5.74, 6) is -0.224. The number of nitrogens with one attached hydrogen (secondary N) is 2. The molecule has 4 rings (SSSR count). The molecule has 2 amide bonds. The van der Waals surface area contributed by atoms with Crippen LogP contribution in [0.3, 0.4) is 0 Å². The number of nitrogens with zero attached hydrogens (tertiary/aromatic N) is 1. The second-order valence-corrected chi connectivity index (χ2v) is 8.74. The Hall–Kier alpha value is -2.31. The van der Waals surface area contributed by atoms with Gasteiger partial charge in [-0.05, 0) is 62.7 Å². The number of carbonyl (C=O) groups is 2. The van der Waals surface area contributed by atoms with Crippen LogP contribution in [-0.2, 0) is 0 Å². The molecular weight excluding hydrogens is 382 g/mol. The van der Waals surface area contributed by atoms with Crippen molar-refractivity contribution in [3.05, 3.63) is 53.6 Å². The molecule has 0 bridgehead atoms. The van der Waals surface area contributed by atoms with Gasteiger partial charge in [-0.3, -0.25) is 14.5 Å². The minimum absolute atomic E-state index is 0.0872. The van der Waals surface area contributed by atoms with Crippen LogP contribution >= 0.6 is 11.8 Å². The van der Waals surface area contributed by atoms with Crippen molar-refractivity contribution in [3.8, 4) is 0 Å². The van der Waals surface area contributed by atoms with Gasteiger partial charge in [-0.15, -0.1) is 0 Å². The van der Waals surface area contributed by atoms with Crippen LogP contribution in [0, 0.1) is 0 Å². The van der Waals surface area contributed by atoms with Gasteiger partial charge in [0.1, 0.15) is 0 Å². The first-order valence-electron chi connectivity index (χ1n) is 10.4. The number of hydrogen-bond donors (Lipinski definition) is 2. The minimum Gasteiger partial charge on any atom is -0.350 e. The molecule has 6 heteroatoms. The maximum Gasteiger partial charge on any atom is 0.256 e. The number of likely N-dealkylation sites (tertiary alicyclic amines) is 1. The van der Waals surface area contributed by atoms with Gasteiger partial charge in [0.15, 0.2) is 0 Å². The minimum atomic E-state index is -0.137. The van der Waals surface area contributed by atoms with Crippen LogP contribution in [0.15, 0.2) is 52.3 Å². The fraction of sp³-hybridized carbons (Fsp3) is 0.391. The van der Waals surface area contributed by atoms with Crippen molar-refractivity contribution in [3.63, 3.8) is 0 Å². The molecule has 0 saturated carbocycles. The molecular formula is C23H27N3O2S. The Morgan fingerprint density at radius 2 is 2.07 bits per heavy atom. The summed E-state index contributed by atoms with van der Waals surface area (Å²) in [6.07, 6.45) is 4.74. The molecule has 29 heavy (non-hydrogen) atoms. The topological polar surface area (TPSA) is 61.4 Å². The van der Waals surface area contributed by atoms with Gasteiger partial charge in [0.25, 0.3) is 11.8 Å². The van der Waals surface area contributed by atoms with Gasteiger partial charge in [-0.25, -0.2) is 0 Å². The van der Waals surface area contributed by atoms with Gasteiger partial charge in [-0.1, -0.05) is 37.2 Å². The highest BCUT2D eigenvalue weighted by Crippen LogP contribution is 2.39. The Balaban J connectivity index is 1.46. The van der Waals surface area contributed by atoms with Gasteiger partial charge in [-0.2, -0.15) is 0 Å². The van der Waals surface area contributed by atoms with Crippen molar-refractivity contribution in [2.75, 3.05) is 25.0 Å². The molecule has 5 nitrogen and oxygen atoms in total. The number of rotatable bonds is 5. The third-order valence-corrected chi connectivity index (χ3v) is 6.75. The predicted octanol–water partition coefficient (Wildman–Crippen LogP) is 4.40. The Labute approximate surface area is 176 Å². The first-order chi connectivity index (χ1) is 14.2. The molecule has 2 heterocycles. The third kappa shape index (κ3) is 4.49. The van der Waals surface area contributed by atoms with Crippen LogP contribution in [-0.4, -0.2) is 42.4 Å². The quantitative estimate of drug-likeness (QED) is 0.768. The number of anilines is 1. The maximum absolute atomic E-state index is 12.8. The van der Waals surface area contributed by atoms with E-state index in [1.165, 1.54) is 12.8 Å². The Bertz CT molecular complexity index is 913. The van der Waals surface area contributed by atoms with Gasteiger partial charge in [0, 0.05) is 27.9 Å². The van der Waals surface area contributed by atoms with Crippen LogP contribution in [0.25, 0.3) is 0 Å². The number of amides is 2. The molecule has 152 valence electrons. The molecule has 1 atom stereocenters. The first kappa shape index (κ1) is 20.0. The first-order valence-corrected chi connectivity index (χ1v) is 11.2. The van der Waals surface area contributed by atoms with Gasteiger partial charge >= 0.3 is 0 Å². The zero-order valence-corrected chi connectivity index (χ0v) is 17.6. The lowest BCUT2D eigenvalue weighted by Gasteiger charge is -2.35. The molecule has 0 aliphatic carbocycles. The van der Waals surface area contributed by atoms with E-state index in [0.717, 1.165) is 35.7 Å². The molecule has 1 saturated heterocycles. The zero-order chi connectivity index (χ0) is 20.2. The standard InChI is InChI=1S/C23H27N3O2S/c1-2-12-26-13-6-5-7-17(26)15-24-22(27)16-10-11-21-19(14-16)25-23(28)18-8-3-4-9-20(18)29-21/h3-4,8-11,14,17H,2,5-7,12-13,15H2,1H3,(H,24,27)(H,25,28). The fourth-order valence-corrected chi connectivity index (χ4v) is 5.10. The average molecular weight is 410 g/mol. The lowest BCUT2D eigenvalue weighted by atomic mass is 10.0. The Morgan fingerprint density at radius 3 is 2.93 bits per heavy atom. The van der Waals surface area contributed by atoms with Crippen molar-refractivity contribution in [2.45, 2.75) is 48.4 Å². The van der Waals surface area contributed by atoms with E-state index in [1.807, 2.05) is 36.4 Å². The molecule has 0 radical (unpaired) electrons. The number of benzene rings is 2. The summed E-state index contributed by atoms with van der Waals surface area (Å²) in [5, 5.41) is 6.06. The molecule has 2 N–H and O–H groups in total. The summed E-state index contributed by atoms with van der Waals surface area (Å²) < 4.78 is 0. The smallest absolute Gasteiger partial charge is 0.256 e. The van der Waals surface area contributed by atoms with Crippen molar-refractivity contribution in [1.82, 2.24) is 10.2 Å². The SMILES string of the molecule is CCCN1CCCCC1CNC(=O)c1ccc2c(c1)NC(=O)c1ccccc1S2. The van der Waals surface area contributed by atoms with E-state index >= 15 is 0 Å². The summed E-state index contributed by atoms with van der Waals surface area (Å²) in [6.45, 7) is 5.08. The number of carbonyl (C=O) groups excluding carboxylic acids is 2. The molecule has 1 unspecified atom stereocenters. The van der Waals surface area contributed by atoms with E-state index in [4.69, 9.17) is 0 Å². The number of piperidine rings is 1. The van der Waals surface area contributed by atoms with E-state index in [0.29, 0.717) is 29.4 Å². The maximum atomic E-state index is 12.8. The second kappa shape index (κ2) is 9.01. The summed E-state index contributed by atoms with van der Waals surface area (Å²) in [5.41, 5.74) is 1.93. The van der Waals surface area contributed by atoms with Crippen LogP contribution in [0.5, 0.6) is 0 Å². The van der Waals surface area contributed by atoms with Gasteiger partial charge < -0.3 is 10.6 Å². The van der Waals surface area contributed by atoms with Crippen LogP contribution in [0.2, 0.25) is 0 Å². The zero-order valence-electron chi connectivity index (χ0n) is 16.7. The van der Waals surface area contributed by atoms with E-state index in [1.54, 1.807) is 17.8 Å². The monoisotopic (exact) mass is 409 g/mol. The highest BCUT2D eigenvalue weighted by atomic mass is 32.2. The number of hydrogen-bond acceptors (Lipinski definition) is 4. The van der Waals surface area contributed by atoms with E-state index < -0.39 is 0 Å². The van der Waals surface area contributed by atoms with E-state index in [9.17, 15) is 9.59 Å². The third-order valence-electron chi connectivity index (χ3n) is 5.60. The summed E-state index contributed by atoms with van der Waals surface area (Å²) in [7, 11) is 0. The van der Waals surface area contributed by atoms with Crippen LogP contribution in [0.1, 0.15) is 53.3 Å². The number of fused-ring (bicyclic) bond motifs is 2. The Kier molecular flexibility index (Phi) is 6.21. The summed E-state index contributed by atoms with van der Waals surface area (Å²) in [4.78, 5) is 29.7. The molecule has 2 aliphatic heterocycles. The molecule has 0 aromatic heterocycles. The summed E-state index contributed by atoms with van der Waals surface area (Å²) in [6, 6.07) is 13.5. The lowest BCUT2D eigenvalue weighted by molar-refractivity contribution is 0.0913. The van der Waals surface area contributed by atoms with Crippen molar-refractivity contribution in [2.24, 2.45) is 0 Å². The predicted molar refractivity (Wildman–Crippen MR) is 117 cm³/mol. The van der Waals surface area contributed by atoms with E-state index in [-0.39, 0.29) is 11.8 Å². The van der Waals surface area contributed by atoms with Crippen molar-refractivity contribution < 1.29 is 9.59 Å². The molecule has 1 fully saturated rings. The summed E-state index contributed by atoms with van der Waals surface area (Å²) >= 11 is 1.55. The average Bonchev–Trinajstić information content (AvgIpc) is 2.88. The lowest BCUT2D eigenvalue weighted by Crippen LogP contribution is -2.46. The van der Waals surface area contributed by atoms with Crippen molar-refractivity contribution >= 4 is 29.3 Å².